The van der Waals surface area contributed by atoms with E-state index in [0.29, 0.717) is 17.1 Å². The van der Waals surface area contributed by atoms with Gasteiger partial charge in [0.15, 0.2) is 6.61 Å². The molecule has 26 heavy (non-hydrogen) atoms. The molecule has 1 fully saturated rings. The number of primary amides is 1. The predicted octanol–water partition coefficient (Wildman–Crippen LogP) is 2.38. The molecular weight excluding hydrogens is 358 g/mol. The fourth-order valence-electron chi connectivity index (χ4n) is 3.04. The zero-order valence-electron chi connectivity index (χ0n) is 14.7. The minimum atomic E-state index is -0.754. The van der Waals surface area contributed by atoms with Crippen molar-refractivity contribution in [2.75, 3.05) is 13.2 Å². The lowest BCUT2D eigenvalue weighted by Crippen LogP contribution is -2.44. The predicted molar refractivity (Wildman–Crippen MR) is 97.5 cm³/mol. The quantitative estimate of drug-likeness (QED) is 0.738. The molecule has 3 N–H and O–H groups in total. The van der Waals surface area contributed by atoms with Crippen molar-refractivity contribution >= 4 is 29.5 Å². The SMILES string of the molecule is C[C@H]1CCCCN1C(=O)COC(=O)C[C@H](NC(N)=O)c1ccc(Cl)cc1. The number of carbonyl (C=O) groups is 3. The number of carbonyl (C=O) groups excluding carboxylic acids is 3. The van der Waals surface area contributed by atoms with Crippen molar-refractivity contribution < 1.29 is 19.1 Å². The van der Waals surface area contributed by atoms with Gasteiger partial charge in [0, 0.05) is 17.6 Å². The third-order valence-electron chi connectivity index (χ3n) is 4.44. The van der Waals surface area contributed by atoms with E-state index >= 15 is 0 Å². The number of rotatable bonds is 6. The third-order valence-corrected chi connectivity index (χ3v) is 4.69. The van der Waals surface area contributed by atoms with Crippen LogP contribution in [0.2, 0.25) is 5.02 Å². The molecule has 0 aromatic heterocycles. The Kier molecular flexibility index (Phi) is 7.26. The molecule has 0 radical (unpaired) electrons. The van der Waals surface area contributed by atoms with E-state index in [9.17, 15) is 14.4 Å². The van der Waals surface area contributed by atoms with Crippen LogP contribution in [0, 0.1) is 0 Å². The van der Waals surface area contributed by atoms with Gasteiger partial charge in [-0.3, -0.25) is 9.59 Å². The van der Waals surface area contributed by atoms with E-state index < -0.39 is 18.0 Å². The molecular formula is C18H24ClN3O4. The van der Waals surface area contributed by atoms with Gasteiger partial charge in [-0.15, -0.1) is 0 Å². The van der Waals surface area contributed by atoms with Gasteiger partial charge in [-0.2, -0.15) is 0 Å². The zero-order valence-corrected chi connectivity index (χ0v) is 15.5. The highest BCUT2D eigenvalue weighted by Gasteiger charge is 2.25. The highest BCUT2D eigenvalue weighted by molar-refractivity contribution is 6.30. The third kappa shape index (κ3) is 5.91. The molecule has 0 spiro atoms. The Labute approximate surface area is 157 Å². The standard InChI is InChI=1S/C18H24ClN3O4/c1-12-4-2-3-9-22(12)16(23)11-26-17(24)10-15(21-18(20)25)13-5-7-14(19)8-6-13/h5-8,12,15H,2-4,9-11H2,1H3,(H3,20,21,25)/t12-,15-/m0/s1. The zero-order chi connectivity index (χ0) is 19.1. The molecule has 0 saturated carbocycles. The van der Waals surface area contributed by atoms with Gasteiger partial charge in [-0.1, -0.05) is 23.7 Å². The molecule has 1 saturated heterocycles. The second-order valence-corrected chi connectivity index (χ2v) is 6.85. The summed E-state index contributed by atoms with van der Waals surface area (Å²) in [6, 6.07) is 5.44. The van der Waals surface area contributed by atoms with Crippen molar-refractivity contribution in [2.24, 2.45) is 5.73 Å². The number of hydrogen-bond donors (Lipinski definition) is 2. The number of hydrogen-bond acceptors (Lipinski definition) is 4. The van der Waals surface area contributed by atoms with Crippen LogP contribution in [0.1, 0.15) is 44.2 Å². The molecule has 1 aromatic carbocycles. The Morgan fingerprint density at radius 3 is 2.62 bits per heavy atom. The highest BCUT2D eigenvalue weighted by atomic mass is 35.5. The molecule has 1 aliphatic heterocycles. The first-order valence-electron chi connectivity index (χ1n) is 8.63. The molecule has 1 aliphatic rings. The number of nitrogens with zero attached hydrogens (tertiary/aromatic N) is 1. The monoisotopic (exact) mass is 381 g/mol. The van der Waals surface area contributed by atoms with E-state index in [4.69, 9.17) is 22.1 Å². The average molecular weight is 382 g/mol. The van der Waals surface area contributed by atoms with Crippen molar-refractivity contribution in [1.29, 1.82) is 0 Å². The van der Waals surface area contributed by atoms with Crippen LogP contribution in [0.25, 0.3) is 0 Å². The summed E-state index contributed by atoms with van der Waals surface area (Å²) in [6.45, 7) is 2.38. The number of nitrogens with two attached hydrogens (primary N) is 1. The second kappa shape index (κ2) is 9.43. The lowest BCUT2D eigenvalue weighted by molar-refractivity contribution is -0.153. The van der Waals surface area contributed by atoms with Crippen LogP contribution in [0.4, 0.5) is 4.79 Å². The summed E-state index contributed by atoms with van der Waals surface area (Å²) in [7, 11) is 0. The molecule has 0 unspecified atom stereocenters. The van der Waals surface area contributed by atoms with Crippen LogP contribution in [-0.2, 0) is 14.3 Å². The van der Waals surface area contributed by atoms with Gasteiger partial charge in [0.1, 0.15) is 0 Å². The van der Waals surface area contributed by atoms with Gasteiger partial charge in [0.05, 0.1) is 12.5 Å². The number of ether oxygens (including phenoxy) is 1. The van der Waals surface area contributed by atoms with Gasteiger partial charge in [0.2, 0.25) is 0 Å². The summed E-state index contributed by atoms with van der Waals surface area (Å²) in [5.74, 6) is -0.784. The van der Waals surface area contributed by atoms with Crippen molar-refractivity contribution in [1.82, 2.24) is 10.2 Å². The Hall–Kier alpha value is -2.28. The van der Waals surface area contributed by atoms with Crippen molar-refractivity contribution in [3.8, 4) is 0 Å². The lowest BCUT2D eigenvalue weighted by atomic mass is 10.0. The fraction of sp³-hybridized carbons (Fsp3) is 0.500. The van der Waals surface area contributed by atoms with Gasteiger partial charge >= 0.3 is 12.0 Å². The van der Waals surface area contributed by atoms with Gasteiger partial charge in [-0.25, -0.2) is 4.79 Å². The summed E-state index contributed by atoms with van der Waals surface area (Å²) in [6.07, 6.45) is 2.89. The minimum Gasteiger partial charge on any atom is -0.455 e. The summed E-state index contributed by atoms with van der Waals surface area (Å²) in [4.78, 5) is 37.3. The molecule has 1 aromatic rings. The Morgan fingerprint density at radius 1 is 1.31 bits per heavy atom. The molecule has 142 valence electrons. The van der Waals surface area contributed by atoms with E-state index in [1.54, 1.807) is 29.2 Å². The maximum atomic E-state index is 12.2. The Balaban J connectivity index is 1.91. The average Bonchev–Trinajstić information content (AvgIpc) is 2.60. The molecule has 2 rings (SSSR count). The molecule has 0 aliphatic carbocycles. The summed E-state index contributed by atoms with van der Waals surface area (Å²) < 4.78 is 5.11. The number of urea groups is 1. The van der Waals surface area contributed by atoms with Crippen LogP contribution in [0.5, 0.6) is 0 Å². The molecule has 1 heterocycles. The number of piperidine rings is 1. The first-order chi connectivity index (χ1) is 12.4. The topological polar surface area (TPSA) is 102 Å². The number of esters is 1. The van der Waals surface area contributed by atoms with Crippen LogP contribution < -0.4 is 11.1 Å². The van der Waals surface area contributed by atoms with Gasteiger partial charge in [0.25, 0.3) is 5.91 Å². The first-order valence-corrected chi connectivity index (χ1v) is 9.01. The number of likely N-dealkylation sites (tertiary alicyclic amines) is 1. The smallest absolute Gasteiger partial charge is 0.312 e. The van der Waals surface area contributed by atoms with Crippen LogP contribution in [-0.4, -0.2) is 42.0 Å². The largest absolute Gasteiger partial charge is 0.455 e. The number of benzene rings is 1. The number of amides is 3. The number of nitrogens with one attached hydrogen (secondary N) is 1. The van der Waals surface area contributed by atoms with Crippen LogP contribution in [0.15, 0.2) is 24.3 Å². The van der Waals surface area contributed by atoms with E-state index in [1.807, 2.05) is 6.92 Å². The van der Waals surface area contributed by atoms with Crippen molar-refractivity contribution in [3.05, 3.63) is 34.9 Å². The first kappa shape index (κ1) is 20.0. The lowest BCUT2D eigenvalue weighted by Gasteiger charge is -2.33. The normalized spacial score (nSPS) is 18.1. The maximum absolute atomic E-state index is 12.2. The van der Waals surface area contributed by atoms with E-state index in [0.717, 1.165) is 19.3 Å². The molecule has 7 nitrogen and oxygen atoms in total. The molecule has 0 bridgehead atoms. The molecule has 2 atom stereocenters. The van der Waals surface area contributed by atoms with Crippen molar-refractivity contribution in [3.63, 3.8) is 0 Å². The van der Waals surface area contributed by atoms with Crippen molar-refractivity contribution in [2.45, 2.75) is 44.7 Å². The number of halogens is 1. The van der Waals surface area contributed by atoms with E-state index in [1.165, 1.54) is 0 Å². The fourth-order valence-corrected chi connectivity index (χ4v) is 3.16. The van der Waals surface area contributed by atoms with Gasteiger partial charge < -0.3 is 20.7 Å². The van der Waals surface area contributed by atoms with E-state index in [-0.39, 0.29) is 25.0 Å². The van der Waals surface area contributed by atoms with E-state index in [2.05, 4.69) is 5.32 Å². The maximum Gasteiger partial charge on any atom is 0.312 e. The highest BCUT2D eigenvalue weighted by Crippen LogP contribution is 2.20. The minimum absolute atomic E-state index is 0.132. The Bertz CT molecular complexity index is 650. The second-order valence-electron chi connectivity index (χ2n) is 6.41. The summed E-state index contributed by atoms with van der Waals surface area (Å²) in [5.41, 5.74) is 5.85. The van der Waals surface area contributed by atoms with Crippen LogP contribution in [0.3, 0.4) is 0 Å². The molecule has 3 amide bonds. The molecule has 8 heteroatoms. The van der Waals surface area contributed by atoms with Crippen LogP contribution >= 0.6 is 11.6 Å². The summed E-state index contributed by atoms with van der Waals surface area (Å²) in [5, 5.41) is 3.04. The summed E-state index contributed by atoms with van der Waals surface area (Å²) >= 11 is 5.85. The van der Waals surface area contributed by atoms with Gasteiger partial charge in [-0.05, 0) is 43.9 Å². The Morgan fingerprint density at radius 2 is 2.00 bits per heavy atom.